The minimum atomic E-state index is -0.909. The van der Waals surface area contributed by atoms with Crippen LogP contribution in [-0.4, -0.2) is 54.9 Å². The summed E-state index contributed by atoms with van der Waals surface area (Å²) in [7, 11) is 0. The Morgan fingerprint density at radius 2 is 1.25 bits per heavy atom. The van der Waals surface area contributed by atoms with Gasteiger partial charge < -0.3 is 9.90 Å². The Morgan fingerprint density at radius 3 is 1.62 bits per heavy atom. The van der Waals surface area contributed by atoms with Crippen LogP contribution in [0.25, 0.3) is 0 Å². The minimum Gasteiger partial charge on any atom is -0.550 e. The third-order valence-corrected chi connectivity index (χ3v) is 2.48. The Kier molecular flexibility index (Phi) is 27.9. The maximum Gasteiger partial charge on any atom is 2.00 e. The van der Waals surface area contributed by atoms with Crippen molar-refractivity contribution in [3.8, 4) is 0 Å². The van der Waals surface area contributed by atoms with Gasteiger partial charge in [-0.05, 0) is 12.8 Å². The molecule has 0 spiro atoms. The van der Waals surface area contributed by atoms with E-state index in [4.69, 9.17) is 0 Å². The van der Waals surface area contributed by atoms with Crippen molar-refractivity contribution in [2.75, 3.05) is 0 Å². The first-order chi connectivity index (χ1) is 6.77. The topological polar surface area (TPSA) is 40.1 Å². The number of hydrogen-bond donors (Lipinski definition) is 0. The van der Waals surface area contributed by atoms with E-state index in [0.717, 1.165) is 12.8 Å². The average molecular weight is 449 g/mol. The standard InChI is InChI=1S/C12H24O2.Ba.Cd/c1-2-3-4-5-6-7-8-9-10-11-12(13)14;;/h2-11H2,1H3,(H,13,14);;/q;2*+2/p-1. The zero-order valence-electron chi connectivity index (χ0n) is 10.8. The molecule has 0 N–H and O–H groups in total. The van der Waals surface area contributed by atoms with Gasteiger partial charge in [0.05, 0.1) is 0 Å². The van der Waals surface area contributed by atoms with Crippen LogP contribution in [0.15, 0.2) is 0 Å². The fourth-order valence-corrected chi connectivity index (χ4v) is 1.58. The molecule has 2 nitrogen and oxygen atoms in total. The van der Waals surface area contributed by atoms with Crippen LogP contribution in [0.5, 0.6) is 0 Å². The minimum absolute atomic E-state index is 0. The van der Waals surface area contributed by atoms with Gasteiger partial charge in [0.15, 0.2) is 0 Å². The Balaban J connectivity index is -0.000000845. The van der Waals surface area contributed by atoms with Crippen molar-refractivity contribution in [2.45, 2.75) is 71.1 Å². The molecule has 0 aromatic carbocycles. The van der Waals surface area contributed by atoms with E-state index in [2.05, 4.69) is 6.92 Å². The fraction of sp³-hybridized carbons (Fsp3) is 0.917. The quantitative estimate of drug-likeness (QED) is 0.380. The van der Waals surface area contributed by atoms with E-state index in [1.807, 2.05) is 0 Å². The molecule has 4 heteroatoms. The van der Waals surface area contributed by atoms with E-state index < -0.39 is 5.97 Å². The SMILES string of the molecule is CCCCCCCCCCCC(=O)[O-].[Ba+2].[Cd+2]. The van der Waals surface area contributed by atoms with Crippen LogP contribution < -0.4 is 5.11 Å². The number of carboxylic acids is 1. The molecule has 0 rings (SSSR count). The van der Waals surface area contributed by atoms with E-state index in [9.17, 15) is 9.90 Å². The van der Waals surface area contributed by atoms with Crippen LogP contribution in [0, 0.1) is 0 Å². The molecule has 0 bridgehead atoms. The van der Waals surface area contributed by atoms with E-state index in [1.54, 1.807) is 0 Å². The Hall–Kier alpha value is 1.96. The molecule has 0 atom stereocenters. The van der Waals surface area contributed by atoms with Gasteiger partial charge in [-0.25, -0.2) is 0 Å². The number of unbranched alkanes of at least 4 members (excludes halogenated alkanes) is 8. The summed E-state index contributed by atoms with van der Waals surface area (Å²) in [5.74, 6) is -0.909. The predicted molar refractivity (Wildman–Crippen MR) is 62.6 cm³/mol. The second-order valence-electron chi connectivity index (χ2n) is 3.95. The average Bonchev–Trinajstić information content (AvgIpc) is 2.15. The molecule has 16 heavy (non-hydrogen) atoms. The second-order valence-corrected chi connectivity index (χ2v) is 3.95. The van der Waals surface area contributed by atoms with Gasteiger partial charge in [-0.3, -0.25) is 0 Å². The third-order valence-electron chi connectivity index (χ3n) is 2.48. The summed E-state index contributed by atoms with van der Waals surface area (Å²) >= 11 is 0. The summed E-state index contributed by atoms with van der Waals surface area (Å²) < 4.78 is 0. The van der Waals surface area contributed by atoms with Crippen LogP contribution in [0.3, 0.4) is 0 Å². The molecule has 0 heterocycles. The van der Waals surface area contributed by atoms with Crippen molar-refractivity contribution in [3.63, 3.8) is 0 Å². The molecule has 0 aromatic heterocycles. The molecule has 0 fully saturated rings. The molecular weight excluding hydrogens is 426 g/mol. The number of carbonyl (C=O) groups excluding carboxylic acids is 1. The van der Waals surface area contributed by atoms with Crippen LogP contribution >= 0.6 is 0 Å². The van der Waals surface area contributed by atoms with Gasteiger partial charge in [0.1, 0.15) is 0 Å². The van der Waals surface area contributed by atoms with E-state index >= 15 is 0 Å². The second kappa shape index (κ2) is 19.3. The van der Waals surface area contributed by atoms with Gasteiger partial charge in [-0.15, -0.1) is 0 Å². The number of carbonyl (C=O) groups is 1. The number of rotatable bonds is 10. The molecule has 0 amide bonds. The first kappa shape index (κ1) is 23.1. The molecule has 84 valence electrons. The molecule has 0 unspecified atom stereocenters. The Labute approximate surface area is 161 Å². The van der Waals surface area contributed by atoms with Crippen molar-refractivity contribution >= 4 is 54.9 Å². The van der Waals surface area contributed by atoms with Gasteiger partial charge in [0, 0.05) is 5.97 Å². The van der Waals surface area contributed by atoms with E-state index in [0.29, 0.717) is 0 Å². The Morgan fingerprint density at radius 1 is 0.875 bits per heavy atom. The number of carboxylic acid groups (broad SMARTS) is 1. The smallest absolute Gasteiger partial charge is 0.550 e. The molecule has 0 aliphatic rings. The van der Waals surface area contributed by atoms with Gasteiger partial charge in [0.25, 0.3) is 0 Å². The normalized spacial score (nSPS) is 9.06. The van der Waals surface area contributed by atoms with Crippen molar-refractivity contribution in [2.24, 2.45) is 0 Å². The fourth-order valence-electron chi connectivity index (χ4n) is 1.58. The summed E-state index contributed by atoms with van der Waals surface area (Å²) in [6.07, 6.45) is 11.2. The summed E-state index contributed by atoms with van der Waals surface area (Å²) in [5.41, 5.74) is 0. The molecule has 0 saturated heterocycles. The molecule has 0 aromatic rings. The maximum atomic E-state index is 10.1. The number of aliphatic carboxylic acids is 1. The predicted octanol–water partition coefficient (Wildman–Crippen LogP) is 2.27. The maximum absolute atomic E-state index is 10.1. The largest absolute Gasteiger partial charge is 2.00 e. The van der Waals surface area contributed by atoms with Crippen molar-refractivity contribution in [3.05, 3.63) is 0 Å². The van der Waals surface area contributed by atoms with Crippen molar-refractivity contribution < 1.29 is 37.2 Å². The zero-order chi connectivity index (χ0) is 10.6. The monoisotopic (exact) mass is 451 g/mol. The van der Waals surface area contributed by atoms with Crippen molar-refractivity contribution in [1.82, 2.24) is 0 Å². The third kappa shape index (κ3) is 21.3. The van der Waals surface area contributed by atoms with Crippen LogP contribution in [0.4, 0.5) is 0 Å². The van der Waals surface area contributed by atoms with Gasteiger partial charge >= 0.3 is 76.2 Å². The van der Waals surface area contributed by atoms with Gasteiger partial charge in [-0.2, -0.15) is 0 Å². The van der Waals surface area contributed by atoms with Crippen LogP contribution in [0.1, 0.15) is 71.1 Å². The van der Waals surface area contributed by atoms with Gasteiger partial charge in [-0.1, -0.05) is 58.3 Å². The van der Waals surface area contributed by atoms with E-state index in [-0.39, 0.29) is 82.6 Å². The van der Waals surface area contributed by atoms with E-state index in [1.165, 1.54) is 44.9 Å². The Bertz CT molecular complexity index is 143. The summed E-state index contributed by atoms with van der Waals surface area (Å²) in [6.45, 7) is 2.22. The molecule has 0 saturated carbocycles. The number of hydrogen-bond acceptors (Lipinski definition) is 2. The van der Waals surface area contributed by atoms with Crippen LogP contribution in [0.2, 0.25) is 0 Å². The summed E-state index contributed by atoms with van der Waals surface area (Å²) in [5, 5.41) is 10.1. The van der Waals surface area contributed by atoms with Gasteiger partial charge in [0.2, 0.25) is 0 Å². The summed E-state index contributed by atoms with van der Waals surface area (Å²) in [4.78, 5) is 10.1. The first-order valence-corrected chi connectivity index (χ1v) is 5.97. The zero-order valence-corrected chi connectivity index (χ0v) is 19.3. The molecule has 0 aliphatic carbocycles. The van der Waals surface area contributed by atoms with Crippen molar-refractivity contribution in [1.29, 1.82) is 0 Å². The van der Waals surface area contributed by atoms with Crippen LogP contribution in [-0.2, 0) is 32.1 Å². The first-order valence-electron chi connectivity index (χ1n) is 5.97. The molecule has 0 radical (unpaired) electrons. The molecule has 0 aliphatic heterocycles. The molecular formula is C12H23BaCdO2+3. The summed E-state index contributed by atoms with van der Waals surface area (Å²) in [6, 6.07) is 0.